The van der Waals surface area contributed by atoms with Crippen LogP contribution in [0.1, 0.15) is 43.1 Å². The highest BCUT2D eigenvalue weighted by Crippen LogP contribution is 2.51. The summed E-state index contributed by atoms with van der Waals surface area (Å²) in [4.78, 5) is 10.7. The number of rotatable bonds is 3. The van der Waals surface area contributed by atoms with Crippen molar-refractivity contribution in [1.29, 1.82) is 0 Å². The summed E-state index contributed by atoms with van der Waals surface area (Å²) in [6, 6.07) is 3.97. The van der Waals surface area contributed by atoms with Crippen molar-refractivity contribution in [2.24, 2.45) is 11.8 Å². The summed E-state index contributed by atoms with van der Waals surface area (Å²) < 4.78 is 5.72. The number of hydrogen-bond acceptors (Lipinski definition) is 2. The van der Waals surface area contributed by atoms with Crippen LogP contribution >= 0.6 is 0 Å². The lowest BCUT2D eigenvalue weighted by atomic mass is 10.2. The van der Waals surface area contributed by atoms with Crippen LogP contribution in [0.4, 0.5) is 0 Å². The summed E-state index contributed by atoms with van der Waals surface area (Å²) in [5.74, 6) is 2.47. The topological polar surface area (TPSA) is 50.4 Å². The minimum Gasteiger partial charge on any atom is -0.481 e. The van der Waals surface area contributed by atoms with E-state index in [-0.39, 0.29) is 11.8 Å². The van der Waals surface area contributed by atoms with Gasteiger partial charge in [0.2, 0.25) is 0 Å². The standard InChI is InChI=1S/C12H14O3/c1-6-4-7(6)10-2-3-11(15-10)8-5-9(8)12(13)14/h2-3,6-9H,4-5H2,1H3,(H,13,14)/t6?,7?,8-,9-/m1/s1. The average Bonchev–Trinajstić information content (AvgIpc) is 3.07. The monoisotopic (exact) mass is 206 g/mol. The summed E-state index contributed by atoms with van der Waals surface area (Å²) >= 11 is 0. The van der Waals surface area contributed by atoms with E-state index in [1.807, 2.05) is 12.1 Å². The summed E-state index contributed by atoms with van der Waals surface area (Å²) in [5.41, 5.74) is 0. The third kappa shape index (κ3) is 1.46. The van der Waals surface area contributed by atoms with Crippen LogP contribution < -0.4 is 0 Å². The quantitative estimate of drug-likeness (QED) is 0.826. The van der Waals surface area contributed by atoms with Gasteiger partial charge < -0.3 is 9.52 Å². The summed E-state index contributed by atoms with van der Waals surface area (Å²) in [7, 11) is 0. The molecule has 1 heterocycles. The Hall–Kier alpha value is -1.25. The van der Waals surface area contributed by atoms with Crippen molar-refractivity contribution in [3.05, 3.63) is 23.7 Å². The first-order valence-electron chi connectivity index (χ1n) is 5.49. The highest BCUT2D eigenvalue weighted by atomic mass is 16.4. The molecule has 1 aromatic heterocycles. The second-order valence-corrected chi connectivity index (χ2v) is 4.85. The van der Waals surface area contributed by atoms with E-state index in [1.54, 1.807) is 0 Å². The van der Waals surface area contributed by atoms with Crippen molar-refractivity contribution >= 4 is 5.97 Å². The lowest BCUT2D eigenvalue weighted by Gasteiger charge is -1.93. The molecule has 3 heteroatoms. The molecule has 0 aliphatic heterocycles. The molecule has 80 valence electrons. The molecule has 1 N–H and O–H groups in total. The summed E-state index contributed by atoms with van der Waals surface area (Å²) in [5, 5.41) is 8.81. The highest BCUT2D eigenvalue weighted by Gasteiger charge is 2.47. The normalized spacial score (nSPS) is 37.7. The number of carboxylic acid groups (broad SMARTS) is 1. The minimum absolute atomic E-state index is 0.130. The SMILES string of the molecule is CC1CC1c1ccc([C@@H]2C[C@H]2C(=O)O)o1. The van der Waals surface area contributed by atoms with Gasteiger partial charge in [-0.15, -0.1) is 0 Å². The molecule has 0 radical (unpaired) electrons. The van der Waals surface area contributed by atoms with Gasteiger partial charge in [-0.25, -0.2) is 0 Å². The fraction of sp³-hybridized carbons (Fsp3) is 0.583. The van der Waals surface area contributed by atoms with Gasteiger partial charge >= 0.3 is 5.97 Å². The van der Waals surface area contributed by atoms with Gasteiger partial charge in [-0.1, -0.05) is 6.92 Å². The zero-order valence-corrected chi connectivity index (χ0v) is 8.64. The molecule has 0 amide bonds. The van der Waals surface area contributed by atoms with Gasteiger partial charge in [0.05, 0.1) is 5.92 Å². The Balaban J connectivity index is 1.72. The van der Waals surface area contributed by atoms with Crippen molar-refractivity contribution < 1.29 is 14.3 Å². The predicted molar refractivity (Wildman–Crippen MR) is 53.7 cm³/mol. The van der Waals surface area contributed by atoms with Gasteiger partial charge in [-0.3, -0.25) is 4.79 Å². The Morgan fingerprint density at radius 3 is 2.40 bits per heavy atom. The first-order valence-corrected chi connectivity index (χ1v) is 5.49. The van der Waals surface area contributed by atoms with Crippen LogP contribution in [0.15, 0.2) is 16.5 Å². The largest absolute Gasteiger partial charge is 0.481 e. The number of furan rings is 1. The molecule has 2 unspecified atom stereocenters. The highest BCUT2D eigenvalue weighted by molar-refractivity contribution is 5.74. The van der Waals surface area contributed by atoms with Crippen LogP contribution in [-0.4, -0.2) is 11.1 Å². The van der Waals surface area contributed by atoms with E-state index >= 15 is 0 Å². The molecule has 0 spiro atoms. The lowest BCUT2D eigenvalue weighted by Crippen LogP contribution is -1.98. The molecule has 2 saturated carbocycles. The van der Waals surface area contributed by atoms with Crippen LogP contribution in [0.5, 0.6) is 0 Å². The van der Waals surface area contributed by atoms with Gasteiger partial charge in [0.1, 0.15) is 11.5 Å². The van der Waals surface area contributed by atoms with E-state index in [0.717, 1.165) is 23.9 Å². The van der Waals surface area contributed by atoms with Gasteiger partial charge in [-0.2, -0.15) is 0 Å². The van der Waals surface area contributed by atoms with Crippen LogP contribution in [0.25, 0.3) is 0 Å². The van der Waals surface area contributed by atoms with Crippen LogP contribution in [0, 0.1) is 11.8 Å². The van der Waals surface area contributed by atoms with Gasteiger partial charge in [0.15, 0.2) is 0 Å². The number of carboxylic acids is 1. The molecule has 4 atom stereocenters. The third-order valence-electron chi connectivity index (χ3n) is 3.60. The summed E-state index contributed by atoms with van der Waals surface area (Å²) in [6.45, 7) is 2.21. The Bertz CT molecular complexity index is 407. The third-order valence-corrected chi connectivity index (χ3v) is 3.60. The fourth-order valence-electron chi connectivity index (χ4n) is 2.27. The maximum atomic E-state index is 10.7. The molecule has 0 bridgehead atoms. The second-order valence-electron chi connectivity index (χ2n) is 4.85. The van der Waals surface area contributed by atoms with Crippen molar-refractivity contribution in [2.45, 2.75) is 31.6 Å². The minimum atomic E-state index is -0.697. The van der Waals surface area contributed by atoms with Gasteiger partial charge in [0, 0.05) is 11.8 Å². The number of hydrogen-bond donors (Lipinski definition) is 1. The zero-order chi connectivity index (χ0) is 10.6. The molecule has 3 rings (SSSR count). The molecule has 15 heavy (non-hydrogen) atoms. The maximum Gasteiger partial charge on any atom is 0.307 e. The van der Waals surface area contributed by atoms with E-state index in [9.17, 15) is 4.79 Å². The second kappa shape index (κ2) is 2.87. The maximum absolute atomic E-state index is 10.7. The Labute approximate surface area is 88.1 Å². The van der Waals surface area contributed by atoms with Crippen molar-refractivity contribution in [1.82, 2.24) is 0 Å². The number of aliphatic carboxylic acids is 1. The summed E-state index contributed by atoms with van der Waals surface area (Å²) in [6.07, 6.45) is 1.95. The molecular weight excluding hydrogens is 192 g/mol. The Morgan fingerprint density at radius 1 is 1.33 bits per heavy atom. The smallest absolute Gasteiger partial charge is 0.307 e. The fourth-order valence-corrected chi connectivity index (χ4v) is 2.27. The van der Waals surface area contributed by atoms with E-state index in [2.05, 4.69) is 6.92 Å². The lowest BCUT2D eigenvalue weighted by molar-refractivity contribution is -0.138. The molecule has 2 aliphatic rings. The molecule has 1 aromatic rings. The predicted octanol–water partition coefficient (Wildman–Crippen LogP) is 2.59. The van der Waals surface area contributed by atoms with E-state index in [1.165, 1.54) is 6.42 Å². The van der Waals surface area contributed by atoms with Gasteiger partial charge in [0.25, 0.3) is 0 Å². The molecule has 2 fully saturated rings. The molecular formula is C12H14O3. The van der Waals surface area contributed by atoms with Crippen molar-refractivity contribution in [3.63, 3.8) is 0 Å². The van der Waals surface area contributed by atoms with Crippen LogP contribution in [0.2, 0.25) is 0 Å². The van der Waals surface area contributed by atoms with Crippen LogP contribution in [0.3, 0.4) is 0 Å². The Kier molecular flexibility index (Phi) is 1.73. The molecule has 0 aromatic carbocycles. The number of carbonyl (C=O) groups is 1. The first kappa shape index (κ1) is 9.01. The Morgan fingerprint density at radius 2 is 1.93 bits per heavy atom. The van der Waals surface area contributed by atoms with E-state index in [4.69, 9.17) is 9.52 Å². The molecule has 3 nitrogen and oxygen atoms in total. The molecule has 2 aliphatic carbocycles. The van der Waals surface area contributed by atoms with Crippen LogP contribution in [-0.2, 0) is 4.79 Å². The zero-order valence-electron chi connectivity index (χ0n) is 8.64. The first-order chi connectivity index (χ1) is 7.16. The van der Waals surface area contributed by atoms with E-state index < -0.39 is 5.97 Å². The van der Waals surface area contributed by atoms with Crippen molar-refractivity contribution in [2.75, 3.05) is 0 Å². The van der Waals surface area contributed by atoms with Crippen molar-refractivity contribution in [3.8, 4) is 0 Å². The average molecular weight is 206 g/mol. The molecule has 0 saturated heterocycles. The van der Waals surface area contributed by atoms with Gasteiger partial charge in [-0.05, 0) is 30.9 Å². The van der Waals surface area contributed by atoms with E-state index in [0.29, 0.717) is 5.92 Å².